The number of likely N-dealkylation sites (N-methyl/N-ethyl adjacent to an activating group) is 1. The first-order chi connectivity index (χ1) is 14.8. The van der Waals surface area contributed by atoms with E-state index in [0.29, 0.717) is 24.5 Å². The molecule has 164 valence electrons. The fourth-order valence-corrected chi connectivity index (χ4v) is 5.35. The molecule has 2 aliphatic rings. The molecule has 7 nitrogen and oxygen atoms in total. The topological polar surface area (TPSA) is 73.3 Å². The predicted octanol–water partition coefficient (Wildman–Crippen LogP) is 2.46. The summed E-state index contributed by atoms with van der Waals surface area (Å²) in [4.78, 5) is 19.0. The van der Waals surface area contributed by atoms with Crippen molar-refractivity contribution in [1.82, 2.24) is 14.7 Å². The molecule has 0 atom stereocenters. The lowest BCUT2D eigenvalue weighted by Crippen LogP contribution is -2.42. The summed E-state index contributed by atoms with van der Waals surface area (Å²) in [6.07, 6.45) is 0.890. The summed E-state index contributed by atoms with van der Waals surface area (Å²) in [5.74, 6) is 0.295. The highest BCUT2D eigenvalue weighted by atomic mass is 35.5. The molecule has 4 rings (SSSR count). The summed E-state index contributed by atoms with van der Waals surface area (Å²) in [5, 5.41) is 0.725. The maximum atomic E-state index is 12.9. The highest BCUT2D eigenvalue weighted by Gasteiger charge is 2.31. The first-order valence-electron chi connectivity index (χ1n) is 10.2. The quantitative estimate of drug-likeness (QED) is 0.700. The van der Waals surface area contributed by atoms with Crippen LogP contribution >= 0.6 is 11.6 Å². The molecule has 9 heteroatoms. The van der Waals surface area contributed by atoms with Crippen molar-refractivity contribution in [3.05, 3.63) is 64.7 Å². The van der Waals surface area contributed by atoms with E-state index in [9.17, 15) is 13.2 Å². The van der Waals surface area contributed by atoms with Gasteiger partial charge in [-0.3, -0.25) is 9.69 Å². The second kappa shape index (κ2) is 8.98. The molecule has 2 heterocycles. The molecular formula is C22H25ClN4O3S. The lowest BCUT2D eigenvalue weighted by atomic mass is 10.2. The molecule has 31 heavy (non-hydrogen) atoms. The lowest BCUT2D eigenvalue weighted by molar-refractivity contribution is -0.131. The van der Waals surface area contributed by atoms with Crippen molar-refractivity contribution in [1.29, 1.82) is 0 Å². The van der Waals surface area contributed by atoms with Gasteiger partial charge in [0.25, 0.3) is 10.0 Å². The molecule has 1 saturated heterocycles. The Morgan fingerprint density at radius 2 is 1.81 bits per heavy atom. The molecule has 0 radical (unpaired) electrons. The lowest BCUT2D eigenvalue weighted by Gasteiger charge is -2.25. The van der Waals surface area contributed by atoms with Gasteiger partial charge in [0.2, 0.25) is 5.91 Å². The number of carbonyl (C=O) groups is 1. The fraction of sp³-hybridized carbons (Fsp3) is 0.364. The van der Waals surface area contributed by atoms with E-state index in [0.717, 1.165) is 31.1 Å². The standard InChI is InChI=1S/C22H25ClN4O3S/c1-25(22-19-5-2-3-6-20(19)31(29,30)24-22)16-21(28)27-12-4-11-26(13-14-27)15-17-7-9-18(23)10-8-17/h2-3,5-10H,4,11-16H2,1H3. The van der Waals surface area contributed by atoms with Crippen LogP contribution in [-0.4, -0.2) is 74.6 Å². The number of amides is 1. The summed E-state index contributed by atoms with van der Waals surface area (Å²) < 4.78 is 28.5. The van der Waals surface area contributed by atoms with Crippen LogP contribution in [0.25, 0.3) is 0 Å². The van der Waals surface area contributed by atoms with Crippen molar-refractivity contribution < 1.29 is 13.2 Å². The molecule has 0 aromatic heterocycles. The van der Waals surface area contributed by atoms with Gasteiger partial charge in [0.05, 0.1) is 6.54 Å². The van der Waals surface area contributed by atoms with Gasteiger partial charge >= 0.3 is 0 Å². The number of benzene rings is 2. The van der Waals surface area contributed by atoms with Gasteiger partial charge in [0, 0.05) is 50.4 Å². The molecule has 0 saturated carbocycles. The van der Waals surface area contributed by atoms with Crippen LogP contribution in [0.5, 0.6) is 0 Å². The fourth-order valence-electron chi connectivity index (χ4n) is 3.97. The highest BCUT2D eigenvalue weighted by molar-refractivity contribution is 7.90. The number of halogens is 1. The summed E-state index contributed by atoms with van der Waals surface area (Å²) in [7, 11) is -1.99. The molecule has 0 aliphatic carbocycles. The largest absolute Gasteiger partial charge is 0.349 e. The molecule has 2 aromatic carbocycles. The molecule has 1 amide bonds. The molecule has 0 N–H and O–H groups in total. The van der Waals surface area contributed by atoms with Crippen LogP contribution in [0.3, 0.4) is 0 Å². The zero-order valence-corrected chi connectivity index (χ0v) is 18.9. The Morgan fingerprint density at radius 3 is 2.58 bits per heavy atom. The second-order valence-corrected chi connectivity index (χ2v) is 9.89. The van der Waals surface area contributed by atoms with Crippen molar-refractivity contribution in [2.24, 2.45) is 4.40 Å². The highest BCUT2D eigenvalue weighted by Crippen LogP contribution is 2.27. The minimum absolute atomic E-state index is 0.0275. The third kappa shape index (κ3) is 4.92. The minimum atomic E-state index is -3.70. The maximum Gasteiger partial charge on any atom is 0.285 e. The SMILES string of the molecule is CN(CC(=O)N1CCCN(Cc2ccc(Cl)cc2)CC1)C1=NS(=O)(=O)c2ccccc21. The average Bonchev–Trinajstić information content (AvgIpc) is 2.88. The van der Waals surface area contributed by atoms with Crippen molar-refractivity contribution in [2.75, 3.05) is 39.8 Å². The zero-order chi connectivity index (χ0) is 22.0. The summed E-state index contributed by atoms with van der Waals surface area (Å²) in [5.41, 5.74) is 1.74. The Kier molecular flexibility index (Phi) is 6.31. The smallest absolute Gasteiger partial charge is 0.285 e. The first kappa shape index (κ1) is 21.8. The number of nitrogens with zero attached hydrogens (tertiary/aromatic N) is 4. The van der Waals surface area contributed by atoms with Gasteiger partial charge in [-0.15, -0.1) is 4.40 Å². The van der Waals surface area contributed by atoms with Crippen molar-refractivity contribution >= 4 is 33.4 Å². The average molecular weight is 461 g/mol. The van der Waals surface area contributed by atoms with E-state index in [-0.39, 0.29) is 17.3 Å². The van der Waals surface area contributed by atoms with Crippen LogP contribution in [0.4, 0.5) is 0 Å². The van der Waals surface area contributed by atoms with E-state index < -0.39 is 10.0 Å². The van der Waals surface area contributed by atoms with Gasteiger partial charge in [0.15, 0.2) is 5.84 Å². The molecule has 2 aliphatic heterocycles. The summed E-state index contributed by atoms with van der Waals surface area (Å²) in [6, 6.07) is 14.6. The van der Waals surface area contributed by atoms with Gasteiger partial charge in [-0.1, -0.05) is 35.9 Å². The number of sulfonamides is 1. The third-order valence-corrected chi connectivity index (χ3v) is 7.18. The molecule has 2 aromatic rings. The van der Waals surface area contributed by atoms with E-state index in [1.807, 2.05) is 29.2 Å². The first-order valence-corrected chi connectivity index (χ1v) is 12.1. The van der Waals surface area contributed by atoms with E-state index >= 15 is 0 Å². The molecule has 1 fully saturated rings. The number of amidine groups is 1. The van der Waals surface area contributed by atoms with Gasteiger partial charge in [-0.2, -0.15) is 8.42 Å². The van der Waals surface area contributed by atoms with Gasteiger partial charge in [-0.25, -0.2) is 0 Å². The number of hydrogen-bond acceptors (Lipinski definition) is 5. The predicted molar refractivity (Wildman–Crippen MR) is 121 cm³/mol. The minimum Gasteiger partial charge on any atom is -0.349 e. The van der Waals surface area contributed by atoms with Crippen molar-refractivity contribution in [3.63, 3.8) is 0 Å². The van der Waals surface area contributed by atoms with Gasteiger partial charge in [-0.05, 0) is 36.2 Å². The number of hydrogen-bond donors (Lipinski definition) is 0. The van der Waals surface area contributed by atoms with Crippen molar-refractivity contribution in [3.8, 4) is 0 Å². The Bertz CT molecular complexity index is 1100. The Hall–Kier alpha value is -2.42. The Labute approximate surface area is 188 Å². The van der Waals surface area contributed by atoms with Crippen LogP contribution in [0.1, 0.15) is 17.5 Å². The monoisotopic (exact) mass is 460 g/mol. The molecule has 0 spiro atoms. The van der Waals surface area contributed by atoms with Gasteiger partial charge < -0.3 is 9.80 Å². The Balaban J connectivity index is 1.36. The van der Waals surface area contributed by atoms with Crippen LogP contribution in [0, 0.1) is 0 Å². The van der Waals surface area contributed by atoms with E-state index in [4.69, 9.17) is 11.6 Å². The van der Waals surface area contributed by atoms with Crippen LogP contribution in [-0.2, 0) is 21.4 Å². The van der Waals surface area contributed by atoms with E-state index in [1.165, 1.54) is 5.56 Å². The number of carbonyl (C=O) groups excluding carboxylic acids is 1. The third-order valence-electron chi connectivity index (χ3n) is 5.61. The normalized spacial score (nSPS) is 18.3. The number of rotatable bonds is 4. The van der Waals surface area contributed by atoms with Crippen LogP contribution < -0.4 is 0 Å². The number of fused-ring (bicyclic) bond motifs is 1. The Morgan fingerprint density at radius 1 is 1.06 bits per heavy atom. The van der Waals surface area contributed by atoms with Crippen LogP contribution in [0.15, 0.2) is 57.8 Å². The van der Waals surface area contributed by atoms with E-state index in [1.54, 1.807) is 36.2 Å². The zero-order valence-electron chi connectivity index (χ0n) is 17.4. The van der Waals surface area contributed by atoms with Gasteiger partial charge in [0.1, 0.15) is 4.90 Å². The second-order valence-electron chi connectivity index (χ2n) is 7.88. The summed E-state index contributed by atoms with van der Waals surface area (Å²) >= 11 is 5.96. The summed E-state index contributed by atoms with van der Waals surface area (Å²) in [6.45, 7) is 3.94. The van der Waals surface area contributed by atoms with Crippen LogP contribution in [0.2, 0.25) is 5.02 Å². The van der Waals surface area contributed by atoms with E-state index in [2.05, 4.69) is 9.30 Å². The maximum absolute atomic E-state index is 12.9. The molecule has 0 bridgehead atoms. The van der Waals surface area contributed by atoms with Crippen molar-refractivity contribution in [2.45, 2.75) is 17.9 Å². The molecule has 0 unspecified atom stereocenters. The molecular weight excluding hydrogens is 436 g/mol.